The molecule has 34 heavy (non-hydrogen) atoms. The van der Waals surface area contributed by atoms with Crippen LogP contribution >= 0.6 is 0 Å². The normalized spacial score (nSPS) is 29.6. The van der Waals surface area contributed by atoms with E-state index in [-0.39, 0.29) is 11.6 Å². The van der Waals surface area contributed by atoms with E-state index in [1.165, 1.54) is 6.08 Å². The quantitative estimate of drug-likeness (QED) is 0.465. The SMILES string of the molecule is C=C[C@@H](O)[C@]1(CO[Si](c2ccccc2)(c2ccccc2)C(C)(C)C)O[C@@H]2OC(C)(C)O[C@@H]2[C@@H]1O. The Hall–Kier alpha value is -1.84. The van der Waals surface area contributed by atoms with E-state index >= 15 is 0 Å². The highest BCUT2D eigenvalue weighted by atomic mass is 28.4. The Labute approximate surface area is 203 Å². The average Bonchev–Trinajstić information content (AvgIpc) is 3.24. The molecule has 2 saturated heterocycles. The zero-order chi connectivity index (χ0) is 24.8. The molecule has 6 nitrogen and oxygen atoms in total. The maximum Gasteiger partial charge on any atom is 0.261 e. The second kappa shape index (κ2) is 8.99. The lowest BCUT2D eigenvalue weighted by atomic mass is 9.90. The van der Waals surface area contributed by atoms with Crippen molar-refractivity contribution in [2.45, 2.75) is 75.6 Å². The molecule has 0 radical (unpaired) electrons. The summed E-state index contributed by atoms with van der Waals surface area (Å²) in [6.07, 6.45) is -2.56. The third-order valence-corrected chi connectivity index (χ3v) is 11.9. The molecule has 184 valence electrons. The largest absolute Gasteiger partial charge is 0.404 e. The summed E-state index contributed by atoms with van der Waals surface area (Å²) in [4.78, 5) is 0. The molecule has 5 atom stereocenters. The third kappa shape index (κ3) is 4.09. The van der Waals surface area contributed by atoms with Gasteiger partial charge < -0.3 is 28.8 Å². The predicted molar refractivity (Wildman–Crippen MR) is 133 cm³/mol. The second-order valence-electron chi connectivity index (χ2n) is 10.6. The molecular weight excluding hydrogens is 448 g/mol. The van der Waals surface area contributed by atoms with Gasteiger partial charge in [0.2, 0.25) is 0 Å². The Kier molecular flexibility index (Phi) is 6.67. The molecule has 2 aliphatic heterocycles. The summed E-state index contributed by atoms with van der Waals surface area (Å²) in [7, 11) is -2.93. The molecule has 2 fully saturated rings. The van der Waals surface area contributed by atoms with Gasteiger partial charge in [0.05, 0.1) is 6.61 Å². The van der Waals surface area contributed by atoms with Crippen molar-refractivity contribution in [3.05, 3.63) is 73.3 Å². The summed E-state index contributed by atoms with van der Waals surface area (Å²) in [5.74, 6) is -0.888. The summed E-state index contributed by atoms with van der Waals surface area (Å²) in [5, 5.41) is 24.3. The van der Waals surface area contributed by atoms with Crippen molar-refractivity contribution in [3.63, 3.8) is 0 Å². The lowest BCUT2D eigenvalue weighted by Gasteiger charge is -2.46. The maximum absolute atomic E-state index is 11.4. The van der Waals surface area contributed by atoms with Crippen molar-refractivity contribution >= 4 is 18.7 Å². The van der Waals surface area contributed by atoms with Crippen molar-refractivity contribution in [1.82, 2.24) is 0 Å². The summed E-state index contributed by atoms with van der Waals surface area (Å²) in [5.41, 5.74) is -1.49. The minimum absolute atomic E-state index is 0.0607. The predicted octanol–water partition coefficient (Wildman–Crippen LogP) is 2.72. The van der Waals surface area contributed by atoms with E-state index < -0.39 is 44.3 Å². The molecule has 0 unspecified atom stereocenters. The topological polar surface area (TPSA) is 77.4 Å². The van der Waals surface area contributed by atoms with Gasteiger partial charge in [-0.2, -0.15) is 0 Å². The highest BCUT2D eigenvalue weighted by molar-refractivity contribution is 6.99. The fraction of sp³-hybridized carbons (Fsp3) is 0.481. The monoisotopic (exact) mass is 484 g/mol. The first-order valence-electron chi connectivity index (χ1n) is 11.7. The van der Waals surface area contributed by atoms with Crippen LogP contribution < -0.4 is 10.4 Å². The molecule has 0 bridgehead atoms. The van der Waals surface area contributed by atoms with Crippen molar-refractivity contribution in [2.75, 3.05) is 6.61 Å². The molecule has 0 saturated carbocycles. The summed E-state index contributed by atoms with van der Waals surface area (Å²) < 4.78 is 25.0. The summed E-state index contributed by atoms with van der Waals surface area (Å²) in [6.45, 7) is 13.7. The zero-order valence-corrected chi connectivity index (χ0v) is 21.6. The molecule has 0 amide bonds. The third-order valence-electron chi connectivity index (χ3n) is 6.89. The number of rotatable bonds is 7. The van der Waals surface area contributed by atoms with Crippen LogP contribution in [0, 0.1) is 0 Å². The van der Waals surface area contributed by atoms with Crippen LogP contribution in [0.1, 0.15) is 34.6 Å². The van der Waals surface area contributed by atoms with Crippen LogP contribution in [-0.2, 0) is 18.6 Å². The van der Waals surface area contributed by atoms with E-state index in [1.54, 1.807) is 13.8 Å². The summed E-state index contributed by atoms with van der Waals surface area (Å²) in [6, 6.07) is 20.4. The van der Waals surface area contributed by atoms with Crippen molar-refractivity contribution in [1.29, 1.82) is 0 Å². The average molecular weight is 485 g/mol. The Morgan fingerprint density at radius 3 is 1.97 bits per heavy atom. The first kappa shape index (κ1) is 25.3. The van der Waals surface area contributed by atoms with Gasteiger partial charge in [-0.25, -0.2) is 0 Å². The molecule has 2 heterocycles. The van der Waals surface area contributed by atoms with E-state index in [1.807, 2.05) is 36.4 Å². The molecule has 2 aromatic rings. The van der Waals surface area contributed by atoms with Crippen LogP contribution in [0.5, 0.6) is 0 Å². The van der Waals surface area contributed by atoms with Gasteiger partial charge >= 0.3 is 0 Å². The smallest absolute Gasteiger partial charge is 0.261 e. The number of hydrogen-bond donors (Lipinski definition) is 2. The molecule has 2 aliphatic rings. The van der Waals surface area contributed by atoms with Gasteiger partial charge in [0.25, 0.3) is 8.32 Å². The van der Waals surface area contributed by atoms with Gasteiger partial charge in [-0.1, -0.05) is 87.5 Å². The second-order valence-corrected chi connectivity index (χ2v) is 14.9. The molecule has 2 aromatic carbocycles. The highest BCUT2D eigenvalue weighted by Gasteiger charge is 2.65. The van der Waals surface area contributed by atoms with Gasteiger partial charge in [0.1, 0.15) is 18.3 Å². The number of aliphatic hydroxyl groups excluding tert-OH is 2. The molecule has 0 spiro atoms. The van der Waals surface area contributed by atoms with Gasteiger partial charge in [0.15, 0.2) is 17.7 Å². The van der Waals surface area contributed by atoms with Crippen LogP contribution in [0.2, 0.25) is 5.04 Å². The number of benzene rings is 2. The van der Waals surface area contributed by atoms with Crippen molar-refractivity contribution in [3.8, 4) is 0 Å². The van der Waals surface area contributed by atoms with Crippen LogP contribution in [0.25, 0.3) is 0 Å². The Balaban J connectivity index is 1.78. The van der Waals surface area contributed by atoms with Crippen molar-refractivity contribution in [2.24, 2.45) is 0 Å². The molecular formula is C27H36O6Si. The van der Waals surface area contributed by atoms with Crippen LogP contribution in [0.4, 0.5) is 0 Å². The number of aliphatic hydroxyl groups is 2. The minimum Gasteiger partial charge on any atom is -0.404 e. The fourth-order valence-electron chi connectivity index (χ4n) is 5.26. The van der Waals surface area contributed by atoms with Gasteiger partial charge in [-0.3, -0.25) is 0 Å². The molecule has 7 heteroatoms. The number of hydrogen-bond acceptors (Lipinski definition) is 6. The van der Waals surface area contributed by atoms with Crippen LogP contribution in [0.3, 0.4) is 0 Å². The van der Waals surface area contributed by atoms with Gasteiger partial charge in [-0.05, 0) is 29.3 Å². The van der Waals surface area contributed by atoms with E-state index in [2.05, 4.69) is 51.6 Å². The number of ether oxygens (including phenoxy) is 3. The molecule has 0 aliphatic carbocycles. The van der Waals surface area contributed by atoms with Gasteiger partial charge in [-0.15, -0.1) is 6.58 Å². The zero-order valence-electron chi connectivity index (χ0n) is 20.6. The minimum atomic E-state index is -2.93. The van der Waals surface area contributed by atoms with E-state index in [0.717, 1.165) is 10.4 Å². The highest BCUT2D eigenvalue weighted by Crippen LogP contribution is 2.45. The van der Waals surface area contributed by atoms with E-state index in [9.17, 15) is 10.2 Å². The summed E-state index contributed by atoms with van der Waals surface area (Å²) >= 11 is 0. The fourth-order valence-corrected chi connectivity index (χ4v) is 9.86. The molecule has 0 aromatic heterocycles. The van der Waals surface area contributed by atoms with Gasteiger partial charge in [0, 0.05) is 0 Å². The lowest BCUT2D eigenvalue weighted by Crippen LogP contribution is -2.69. The Bertz CT molecular complexity index is 950. The van der Waals surface area contributed by atoms with Crippen LogP contribution in [-0.4, -0.2) is 61.1 Å². The Morgan fingerprint density at radius 2 is 1.53 bits per heavy atom. The number of fused-ring (bicyclic) bond motifs is 1. The Morgan fingerprint density at radius 1 is 1.00 bits per heavy atom. The van der Waals surface area contributed by atoms with E-state index in [0.29, 0.717) is 0 Å². The first-order chi connectivity index (χ1) is 16.0. The maximum atomic E-state index is 11.4. The van der Waals surface area contributed by atoms with Crippen LogP contribution in [0.15, 0.2) is 73.3 Å². The molecule has 4 rings (SSSR count). The molecule has 2 N–H and O–H groups in total. The standard InChI is InChI=1S/C27H36O6Si/c1-7-21(28)27(23(29)22-24(33-27)32-26(5,6)31-22)18-30-34(25(2,3)4,19-14-10-8-11-15-19)20-16-12-9-13-17-20/h7-17,21-24,28-29H,1,18H2,2-6H3/t21-,22-,23+,24+,27+/m1/s1. The van der Waals surface area contributed by atoms with Crippen molar-refractivity contribution < 1.29 is 28.8 Å². The lowest BCUT2D eigenvalue weighted by molar-refractivity contribution is -0.259. The first-order valence-corrected chi connectivity index (χ1v) is 13.6. The van der Waals surface area contributed by atoms with E-state index in [4.69, 9.17) is 18.6 Å².